The summed E-state index contributed by atoms with van der Waals surface area (Å²) in [7, 11) is 0. The number of hydrogen-bond donors (Lipinski definition) is 1. The van der Waals surface area contributed by atoms with Gasteiger partial charge in [0, 0.05) is 6.04 Å². The molecule has 86 valence electrons. The van der Waals surface area contributed by atoms with Crippen LogP contribution in [0.2, 0.25) is 0 Å². The van der Waals surface area contributed by atoms with Crippen LogP contribution in [0.4, 0.5) is 0 Å². The van der Waals surface area contributed by atoms with Crippen LogP contribution in [-0.2, 0) is 0 Å². The Hall–Kier alpha value is -0.0800. The van der Waals surface area contributed by atoms with Crippen LogP contribution in [0, 0.1) is 17.8 Å². The van der Waals surface area contributed by atoms with Gasteiger partial charge in [-0.25, -0.2) is 0 Å². The molecule has 15 heavy (non-hydrogen) atoms. The standard InChI is InChI=1S/C13H24N2/c14-5-1-2-10-8-12-11-3-6-15(7-4-11)13(12)9-10/h10-13H,1-9,14H2. The summed E-state index contributed by atoms with van der Waals surface area (Å²) in [6.45, 7) is 3.68. The molecular weight excluding hydrogens is 184 g/mol. The Morgan fingerprint density at radius 2 is 1.93 bits per heavy atom. The SMILES string of the molecule is NCCCC1CC2C3CCN(CC3)C2C1. The summed E-state index contributed by atoms with van der Waals surface area (Å²) >= 11 is 0. The van der Waals surface area contributed by atoms with E-state index in [0.717, 1.165) is 30.3 Å². The predicted molar refractivity (Wildman–Crippen MR) is 62.6 cm³/mol. The van der Waals surface area contributed by atoms with Gasteiger partial charge in [0.15, 0.2) is 0 Å². The molecule has 3 unspecified atom stereocenters. The lowest BCUT2D eigenvalue weighted by molar-refractivity contribution is 0.00792. The second-order valence-corrected chi connectivity index (χ2v) is 5.87. The van der Waals surface area contributed by atoms with Crippen molar-refractivity contribution in [2.75, 3.05) is 19.6 Å². The highest BCUT2D eigenvalue weighted by atomic mass is 15.2. The minimum atomic E-state index is 0.888. The highest BCUT2D eigenvalue weighted by Gasteiger charge is 2.47. The van der Waals surface area contributed by atoms with Gasteiger partial charge >= 0.3 is 0 Å². The predicted octanol–water partition coefficient (Wildman–Crippen LogP) is 1.85. The molecule has 2 N–H and O–H groups in total. The fourth-order valence-corrected chi connectivity index (χ4v) is 4.40. The Labute approximate surface area is 93.2 Å². The van der Waals surface area contributed by atoms with Gasteiger partial charge in [-0.05, 0) is 75.9 Å². The van der Waals surface area contributed by atoms with Crippen molar-refractivity contribution in [3.05, 3.63) is 0 Å². The number of nitrogens with zero attached hydrogens (tertiary/aromatic N) is 1. The molecular formula is C13H24N2. The van der Waals surface area contributed by atoms with Gasteiger partial charge in [-0.15, -0.1) is 0 Å². The highest BCUT2D eigenvalue weighted by molar-refractivity contribution is 5.00. The molecule has 1 aliphatic carbocycles. The van der Waals surface area contributed by atoms with Crippen LogP contribution in [0.25, 0.3) is 0 Å². The first kappa shape index (κ1) is 10.1. The molecule has 0 aromatic heterocycles. The molecule has 0 amide bonds. The van der Waals surface area contributed by atoms with E-state index in [9.17, 15) is 0 Å². The lowest BCUT2D eigenvalue weighted by atomic mass is 9.75. The zero-order valence-electron chi connectivity index (χ0n) is 9.70. The van der Waals surface area contributed by atoms with Crippen LogP contribution in [0.15, 0.2) is 0 Å². The van der Waals surface area contributed by atoms with E-state index in [0.29, 0.717) is 0 Å². The van der Waals surface area contributed by atoms with Crippen LogP contribution >= 0.6 is 0 Å². The van der Waals surface area contributed by atoms with Gasteiger partial charge in [0.2, 0.25) is 0 Å². The van der Waals surface area contributed by atoms with Gasteiger partial charge in [-0.2, -0.15) is 0 Å². The Balaban J connectivity index is 1.63. The van der Waals surface area contributed by atoms with Crippen LogP contribution in [0.5, 0.6) is 0 Å². The minimum Gasteiger partial charge on any atom is -0.330 e. The van der Waals surface area contributed by atoms with Crippen molar-refractivity contribution in [2.24, 2.45) is 23.5 Å². The van der Waals surface area contributed by atoms with Gasteiger partial charge in [0.1, 0.15) is 0 Å². The van der Waals surface area contributed by atoms with Gasteiger partial charge in [-0.3, -0.25) is 0 Å². The number of rotatable bonds is 3. The molecule has 0 aromatic carbocycles. The number of nitrogens with two attached hydrogens (primary N) is 1. The Bertz CT molecular complexity index is 201. The van der Waals surface area contributed by atoms with Gasteiger partial charge in [-0.1, -0.05) is 0 Å². The maximum atomic E-state index is 5.61. The van der Waals surface area contributed by atoms with Gasteiger partial charge < -0.3 is 10.6 Å². The summed E-state index contributed by atoms with van der Waals surface area (Å²) in [5.74, 6) is 3.16. The topological polar surface area (TPSA) is 29.3 Å². The average Bonchev–Trinajstić information content (AvgIpc) is 2.73. The lowest BCUT2D eigenvalue weighted by Gasteiger charge is -2.48. The third-order valence-corrected chi connectivity index (χ3v) is 5.14. The summed E-state index contributed by atoms with van der Waals surface area (Å²) in [5.41, 5.74) is 5.61. The van der Waals surface area contributed by atoms with Crippen molar-refractivity contribution in [2.45, 2.75) is 44.6 Å². The first-order valence-corrected chi connectivity index (χ1v) is 6.82. The van der Waals surface area contributed by atoms with Crippen LogP contribution in [-0.4, -0.2) is 30.6 Å². The summed E-state index contributed by atoms with van der Waals surface area (Å²) in [6.07, 6.45) is 8.63. The maximum Gasteiger partial charge on any atom is 0.0129 e. The largest absolute Gasteiger partial charge is 0.330 e. The molecule has 2 heteroatoms. The molecule has 3 saturated heterocycles. The number of fused-ring (bicyclic) bond motifs is 2. The van der Waals surface area contributed by atoms with E-state index in [1.54, 1.807) is 0 Å². The van der Waals surface area contributed by atoms with E-state index in [4.69, 9.17) is 5.73 Å². The van der Waals surface area contributed by atoms with Crippen molar-refractivity contribution in [1.82, 2.24) is 4.90 Å². The second kappa shape index (κ2) is 4.06. The molecule has 2 nitrogen and oxygen atoms in total. The van der Waals surface area contributed by atoms with Gasteiger partial charge in [0.25, 0.3) is 0 Å². The smallest absolute Gasteiger partial charge is 0.0129 e. The third kappa shape index (κ3) is 1.72. The van der Waals surface area contributed by atoms with E-state index in [-0.39, 0.29) is 0 Å². The van der Waals surface area contributed by atoms with Gasteiger partial charge in [0.05, 0.1) is 0 Å². The molecule has 2 bridgehead atoms. The Morgan fingerprint density at radius 3 is 2.60 bits per heavy atom. The summed E-state index contributed by atoms with van der Waals surface area (Å²) in [5, 5.41) is 0. The number of piperidine rings is 3. The fraction of sp³-hybridized carbons (Fsp3) is 1.00. The molecule has 3 aliphatic heterocycles. The first-order valence-electron chi connectivity index (χ1n) is 6.82. The van der Waals surface area contributed by atoms with Crippen molar-refractivity contribution < 1.29 is 0 Å². The van der Waals surface area contributed by atoms with Crippen LogP contribution in [0.3, 0.4) is 0 Å². The summed E-state index contributed by atoms with van der Waals surface area (Å²) < 4.78 is 0. The molecule has 4 rings (SSSR count). The van der Waals surface area contributed by atoms with E-state index in [2.05, 4.69) is 4.90 Å². The monoisotopic (exact) mass is 208 g/mol. The lowest BCUT2D eigenvalue weighted by Crippen LogP contribution is -2.52. The minimum absolute atomic E-state index is 0.888. The Kier molecular flexibility index (Phi) is 2.73. The van der Waals surface area contributed by atoms with Crippen molar-refractivity contribution >= 4 is 0 Å². The normalized spacial score (nSPS) is 48.2. The quantitative estimate of drug-likeness (QED) is 0.767. The van der Waals surface area contributed by atoms with Crippen molar-refractivity contribution in [1.29, 1.82) is 0 Å². The van der Waals surface area contributed by atoms with Crippen molar-refractivity contribution in [3.63, 3.8) is 0 Å². The molecule has 3 atom stereocenters. The zero-order valence-corrected chi connectivity index (χ0v) is 9.70. The highest BCUT2D eigenvalue weighted by Crippen LogP contribution is 2.48. The first-order chi connectivity index (χ1) is 7.38. The molecule has 4 aliphatic rings. The summed E-state index contributed by atoms with van der Waals surface area (Å²) in [6, 6.07) is 0.972. The summed E-state index contributed by atoms with van der Waals surface area (Å²) in [4.78, 5) is 2.78. The van der Waals surface area contributed by atoms with Crippen LogP contribution in [0.1, 0.15) is 38.5 Å². The van der Waals surface area contributed by atoms with Crippen molar-refractivity contribution in [3.8, 4) is 0 Å². The average molecular weight is 208 g/mol. The molecule has 3 heterocycles. The zero-order chi connectivity index (χ0) is 10.3. The van der Waals surface area contributed by atoms with E-state index in [1.165, 1.54) is 51.6 Å². The molecule has 0 aromatic rings. The maximum absolute atomic E-state index is 5.61. The van der Waals surface area contributed by atoms with Crippen LogP contribution < -0.4 is 5.73 Å². The fourth-order valence-electron chi connectivity index (χ4n) is 4.40. The molecule has 1 saturated carbocycles. The Morgan fingerprint density at radius 1 is 1.13 bits per heavy atom. The number of hydrogen-bond acceptors (Lipinski definition) is 2. The second-order valence-electron chi connectivity index (χ2n) is 5.87. The third-order valence-electron chi connectivity index (χ3n) is 5.14. The molecule has 0 spiro atoms. The molecule has 0 radical (unpaired) electrons. The van der Waals surface area contributed by atoms with E-state index < -0.39 is 0 Å². The van der Waals surface area contributed by atoms with E-state index >= 15 is 0 Å². The molecule has 4 fully saturated rings. The van der Waals surface area contributed by atoms with E-state index in [1.807, 2.05) is 0 Å².